The van der Waals surface area contributed by atoms with Crippen molar-refractivity contribution in [2.45, 2.75) is 141 Å². The molecule has 346 valence electrons. The fourth-order valence-electron chi connectivity index (χ4n) is 11.1. The summed E-state index contributed by atoms with van der Waals surface area (Å²) in [5.74, 6) is 5.58. The molecule has 0 radical (unpaired) electrons. The van der Waals surface area contributed by atoms with Crippen molar-refractivity contribution in [3.05, 3.63) is 35.9 Å². The number of hydrogen-bond donors (Lipinski definition) is 0. The van der Waals surface area contributed by atoms with E-state index in [4.69, 9.17) is 43.4 Å². The second kappa shape index (κ2) is 19.0. The van der Waals surface area contributed by atoms with Gasteiger partial charge >= 0.3 is 12.1 Å². The summed E-state index contributed by atoms with van der Waals surface area (Å²) in [6.45, 7) is 24.7. The average molecular weight is 913 g/mol. The lowest BCUT2D eigenvalue weighted by atomic mass is 9.95. The van der Waals surface area contributed by atoms with Crippen LogP contribution in [0.2, 0.25) is 16.6 Å². The van der Waals surface area contributed by atoms with Crippen LogP contribution in [0, 0.1) is 11.5 Å². The van der Waals surface area contributed by atoms with Gasteiger partial charge in [0.1, 0.15) is 37.3 Å². The van der Waals surface area contributed by atoms with Gasteiger partial charge in [0.2, 0.25) is 0 Å². The van der Waals surface area contributed by atoms with Crippen LogP contribution in [-0.4, -0.2) is 122 Å². The highest BCUT2D eigenvalue weighted by molar-refractivity contribution is 7.19. The number of benzene rings is 2. The van der Waals surface area contributed by atoms with Crippen LogP contribution in [0.3, 0.4) is 0 Å². The Labute approximate surface area is 384 Å². The van der Waals surface area contributed by atoms with E-state index in [0.717, 1.165) is 55.1 Å². The van der Waals surface area contributed by atoms with Crippen LogP contribution in [0.5, 0.6) is 22.7 Å². The number of ether oxygens (including phenoxy) is 6. The molecule has 64 heavy (non-hydrogen) atoms. The number of fused-ring (bicyclic) bond motifs is 5. The Balaban J connectivity index is 1.18. The summed E-state index contributed by atoms with van der Waals surface area (Å²) in [6, 6.07) is 10.4. The van der Waals surface area contributed by atoms with E-state index < -0.39 is 13.7 Å². The quantitative estimate of drug-likeness (QED) is 0.0489. The smallest absolute Gasteiger partial charge is 0.410 e. The first-order chi connectivity index (χ1) is 30.6. The number of nitrogens with zero attached hydrogens (tertiary/aromatic N) is 6. The van der Waals surface area contributed by atoms with Gasteiger partial charge in [-0.15, -0.1) is 5.54 Å². The van der Waals surface area contributed by atoms with Crippen LogP contribution in [-0.2, 0) is 14.2 Å². The lowest BCUT2D eigenvalue weighted by Crippen LogP contribution is -2.57. The molecule has 2 bridgehead atoms. The molecular formula is C49H68N6O7SSi. The number of aromatic nitrogens is 3. The van der Waals surface area contributed by atoms with Crippen molar-refractivity contribution in [1.29, 1.82) is 0 Å². The Morgan fingerprint density at radius 2 is 1.64 bits per heavy atom. The van der Waals surface area contributed by atoms with Crippen molar-refractivity contribution in [2.75, 3.05) is 64.8 Å². The fourth-order valence-corrected chi connectivity index (χ4v) is 17.1. The number of carbonyl (C=O) groups excluding carboxylic acids is 1. The first-order valence-corrected chi connectivity index (χ1v) is 26.5. The molecule has 0 N–H and O–H groups in total. The van der Waals surface area contributed by atoms with Crippen LogP contribution in [0.1, 0.15) is 106 Å². The molecule has 8 rings (SSSR count). The third-order valence-corrected chi connectivity index (χ3v) is 21.1. The molecule has 4 fully saturated rings. The normalized spacial score (nSPS) is 19.8. The van der Waals surface area contributed by atoms with Gasteiger partial charge in [-0.25, -0.2) is 4.79 Å². The second-order valence-corrected chi connectivity index (χ2v) is 26.6. The molecular weight excluding hydrogens is 845 g/mol. The molecule has 6 heterocycles. The molecule has 2 unspecified atom stereocenters. The van der Waals surface area contributed by atoms with E-state index >= 15 is 0 Å². The summed E-state index contributed by atoms with van der Waals surface area (Å²) >= 11 is 1.37. The molecule has 13 nitrogen and oxygen atoms in total. The highest BCUT2D eigenvalue weighted by atomic mass is 32.1. The van der Waals surface area contributed by atoms with E-state index in [0.29, 0.717) is 88.4 Å². The molecule has 15 heteroatoms. The molecule has 0 saturated carbocycles. The maximum Gasteiger partial charge on any atom is 0.410 e. The first kappa shape index (κ1) is 46.3. The molecule has 1 amide bonds. The van der Waals surface area contributed by atoms with Gasteiger partial charge < -0.3 is 33.3 Å². The maximum absolute atomic E-state index is 13.5. The van der Waals surface area contributed by atoms with Crippen LogP contribution >= 0.6 is 11.3 Å². The van der Waals surface area contributed by atoms with E-state index in [2.05, 4.69) is 74.9 Å². The molecule has 4 aliphatic heterocycles. The zero-order valence-corrected chi connectivity index (χ0v) is 41.4. The maximum atomic E-state index is 13.5. The number of methoxy groups -OCH3 is 1. The average Bonchev–Trinajstić information content (AvgIpc) is 4.00. The minimum atomic E-state index is -2.06. The van der Waals surface area contributed by atoms with Crippen molar-refractivity contribution in [3.8, 4) is 34.2 Å². The van der Waals surface area contributed by atoms with E-state index in [-0.39, 0.29) is 30.5 Å². The number of rotatable bonds is 15. The van der Waals surface area contributed by atoms with Crippen LogP contribution in [0.4, 0.5) is 10.6 Å². The van der Waals surface area contributed by atoms with Crippen molar-refractivity contribution in [1.82, 2.24) is 24.8 Å². The highest BCUT2D eigenvalue weighted by Gasteiger charge is 2.47. The summed E-state index contributed by atoms with van der Waals surface area (Å²) in [5.41, 5.74) is 6.39. The van der Waals surface area contributed by atoms with Crippen molar-refractivity contribution in [2.24, 2.45) is 0 Å². The molecule has 0 aliphatic carbocycles. The Bertz CT molecular complexity index is 2330. The van der Waals surface area contributed by atoms with Crippen LogP contribution in [0.15, 0.2) is 30.3 Å². The number of thiazole rings is 1. The van der Waals surface area contributed by atoms with Gasteiger partial charge in [-0.05, 0) is 107 Å². The monoisotopic (exact) mass is 912 g/mol. The van der Waals surface area contributed by atoms with Gasteiger partial charge in [-0.2, -0.15) is 15.0 Å². The fraction of sp³-hybridized carbons (Fsp3) is 0.633. The molecule has 2 aromatic heterocycles. The Hall–Kier alpha value is -4.20. The Morgan fingerprint density at radius 1 is 0.938 bits per heavy atom. The third kappa shape index (κ3) is 9.41. The van der Waals surface area contributed by atoms with Gasteiger partial charge in [0.25, 0.3) is 5.19 Å². The predicted octanol–water partition coefficient (Wildman–Crippen LogP) is 10.2. The molecule has 2 atom stereocenters. The Morgan fingerprint density at radius 3 is 2.30 bits per heavy atom. The Kier molecular flexibility index (Phi) is 13.7. The topological polar surface area (TPSA) is 121 Å². The van der Waals surface area contributed by atoms with Crippen molar-refractivity contribution < 1.29 is 33.2 Å². The van der Waals surface area contributed by atoms with E-state index in [1.54, 1.807) is 7.11 Å². The second-order valence-electron chi connectivity index (χ2n) is 20.1. The SMILES string of the molecule is COCCOCOc1cc(Oc2nc3c(N4CC5CCC(C4)N5C(=O)OC(C)(C)C)nc(OCC45CCCN4CCC5)nc3s2)c2c(C#C[Si](C(C)C)(C(C)C)C(C)C)cccc2c1. The van der Waals surface area contributed by atoms with Gasteiger partial charge in [-0.1, -0.05) is 70.9 Å². The number of amides is 1. The van der Waals surface area contributed by atoms with Gasteiger partial charge in [0.15, 0.2) is 17.4 Å². The summed E-state index contributed by atoms with van der Waals surface area (Å²) in [6.07, 6.45) is 6.13. The largest absolute Gasteiger partial charge is 0.467 e. The summed E-state index contributed by atoms with van der Waals surface area (Å²) in [4.78, 5) is 36.2. The third-order valence-electron chi connectivity index (χ3n) is 14.0. The van der Waals surface area contributed by atoms with Gasteiger partial charge in [0, 0.05) is 37.2 Å². The zero-order chi connectivity index (χ0) is 45.4. The predicted molar refractivity (Wildman–Crippen MR) is 256 cm³/mol. The van der Waals surface area contributed by atoms with Crippen LogP contribution < -0.4 is 19.1 Å². The van der Waals surface area contributed by atoms with Gasteiger partial charge in [0.05, 0.1) is 30.8 Å². The van der Waals surface area contributed by atoms with Crippen molar-refractivity contribution >= 4 is 52.4 Å². The molecule has 4 aromatic rings. The van der Waals surface area contributed by atoms with Gasteiger partial charge in [-0.3, -0.25) is 9.80 Å². The summed E-state index contributed by atoms with van der Waals surface area (Å²) < 4.78 is 36.4. The number of anilines is 1. The number of piperazine rings is 1. The standard InChI is InChI=1S/C49H68N6O7SSi/c1-32(2)64(33(3)4,34(5)6)25-18-35-14-11-15-36-26-39(60-31-58-24-23-57-10)27-40(41(35)36)61-46-50-42-43(53-28-37-16-17-38(29-53)55(37)47(56)62-48(7,8)9)51-45(52-44(42)63-46)59-30-49-19-12-21-54(49)22-13-20-49/h11,14-15,26-27,32-34,37-38H,12-13,16-17,19-24,28-31H2,1-10H3. The molecule has 2 aromatic carbocycles. The molecule has 4 saturated heterocycles. The minimum Gasteiger partial charge on any atom is -0.467 e. The number of carbonyl (C=O) groups is 1. The lowest BCUT2D eigenvalue weighted by Gasteiger charge is -2.41. The van der Waals surface area contributed by atoms with E-state index in [1.165, 1.54) is 24.2 Å². The lowest BCUT2D eigenvalue weighted by molar-refractivity contribution is -0.00846. The van der Waals surface area contributed by atoms with E-state index in [1.807, 2.05) is 43.9 Å². The zero-order valence-electron chi connectivity index (χ0n) is 39.6. The molecule has 4 aliphatic rings. The van der Waals surface area contributed by atoms with Crippen LogP contribution in [0.25, 0.3) is 21.1 Å². The summed E-state index contributed by atoms with van der Waals surface area (Å²) in [5, 5.41) is 2.25. The first-order valence-electron chi connectivity index (χ1n) is 23.4. The number of hydrogen-bond acceptors (Lipinski definition) is 13. The summed E-state index contributed by atoms with van der Waals surface area (Å²) in [7, 11) is -0.410. The molecule has 0 spiro atoms. The van der Waals surface area contributed by atoms with Crippen molar-refractivity contribution in [3.63, 3.8) is 0 Å². The minimum absolute atomic E-state index is 0.0160. The highest BCUT2D eigenvalue weighted by Crippen LogP contribution is 2.45. The van der Waals surface area contributed by atoms with E-state index in [9.17, 15) is 4.79 Å².